The van der Waals surface area contributed by atoms with Crippen LogP contribution in [-0.4, -0.2) is 5.91 Å². The van der Waals surface area contributed by atoms with Gasteiger partial charge in [-0.25, -0.2) is 0 Å². The number of benzene rings is 2. The Morgan fingerprint density at radius 3 is 2.60 bits per heavy atom. The highest BCUT2D eigenvalue weighted by Gasteiger charge is 2.12. The van der Waals surface area contributed by atoms with Gasteiger partial charge in [0.25, 0.3) is 5.91 Å². The molecule has 0 aromatic heterocycles. The minimum absolute atomic E-state index is 0.295. The monoisotopic (exact) mass is 304 g/mol. The van der Waals surface area contributed by atoms with E-state index in [1.165, 1.54) is 6.07 Å². The van der Waals surface area contributed by atoms with Crippen LogP contribution in [0.3, 0.4) is 0 Å². The van der Waals surface area contributed by atoms with Crippen molar-refractivity contribution in [2.75, 3.05) is 5.32 Å². The molecule has 20 heavy (non-hydrogen) atoms. The van der Waals surface area contributed by atoms with E-state index in [0.29, 0.717) is 32.4 Å². The number of anilines is 1. The second kappa shape index (κ2) is 5.96. The minimum atomic E-state index is -0.295. The Kier molecular flexibility index (Phi) is 4.29. The maximum Gasteiger partial charge on any atom is 0.256 e. The van der Waals surface area contributed by atoms with Crippen molar-refractivity contribution in [2.45, 2.75) is 6.92 Å². The highest BCUT2D eigenvalue weighted by molar-refractivity contribution is 6.34. The van der Waals surface area contributed by atoms with Crippen LogP contribution in [0.4, 0.5) is 5.69 Å². The maximum absolute atomic E-state index is 12.2. The predicted molar refractivity (Wildman–Crippen MR) is 80.3 cm³/mol. The quantitative estimate of drug-likeness (QED) is 0.892. The summed E-state index contributed by atoms with van der Waals surface area (Å²) >= 11 is 12.0. The first-order chi connectivity index (χ1) is 9.52. The fourth-order valence-corrected chi connectivity index (χ4v) is 2.13. The summed E-state index contributed by atoms with van der Waals surface area (Å²) in [5.74, 6) is -0.295. The van der Waals surface area contributed by atoms with Gasteiger partial charge in [0.1, 0.15) is 0 Å². The summed E-state index contributed by atoms with van der Waals surface area (Å²) in [5.41, 5.74) is 2.08. The van der Waals surface area contributed by atoms with Crippen molar-refractivity contribution in [3.63, 3.8) is 0 Å². The molecule has 0 spiro atoms. The number of carbonyl (C=O) groups is 1. The van der Waals surface area contributed by atoms with Crippen LogP contribution >= 0.6 is 23.2 Å². The first-order valence-electron chi connectivity index (χ1n) is 5.79. The number of nitrogens with one attached hydrogen (secondary N) is 1. The number of hydrogen-bond donors (Lipinski definition) is 1. The lowest BCUT2D eigenvalue weighted by Gasteiger charge is -2.10. The van der Waals surface area contributed by atoms with Crippen LogP contribution in [-0.2, 0) is 0 Å². The molecule has 0 aliphatic heterocycles. The van der Waals surface area contributed by atoms with E-state index in [1.807, 2.05) is 6.07 Å². The van der Waals surface area contributed by atoms with E-state index in [0.717, 1.165) is 0 Å². The van der Waals surface area contributed by atoms with Gasteiger partial charge < -0.3 is 5.32 Å². The van der Waals surface area contributed by atoms with Gasteiger partial charge in [-0.15, -0.1) is 0 Å². The van der Waals surface area contributed by atoms with Gasteiger partial charge in [-0.2, -0.15) is 5.26 Å². The number of amides is 1. The highest BCUT2D eigenvalue weighted by Crippen LogP contribution is 2.25. The summed E-state index contributed by atoms with van der Waals surface area (Å²) in [5, 5.41) is 12.3. The molecule has 0 unspecified atom stereocenters. The molecule has 0 saturated heterocycles. The number of nitriles is 1. The SMILES string of the molecule is Cc1c(Cl)cccc1C(=O)Nc1ccc(C#N)cc1Cl. The Labute approximate surface area is 126 Å². The van der Waals surface area contributed by atoms with Crippen molar-refractivity contribution >= 4 is 34.8 Å². The van der Waals surface area contributed by atoms with Gasteiger partial charge in [0.05, 0.1) is 22.3 Å². The van der Waals surface area contributed by atoms with Crippen molar-refractivity contribution in [1.29, 1.82) is 5.26 Å². The Morgan fingerprint density at radius 1 is 1.20 bits per heavy atom. The summed E-state index contributed by atoms with van der Waals surface area (Å²) in [6.45, 7) is 1.78. The standard InChI is InChI=1S/C15H10Cl2N2O/c1-9-11(3-2-4-12(9)16)15(20)19-14-6-5-10(8-18)7-13(14)17/h2-7H,1H3,(H,19,20). The van der Waals surface area contributed by atoms with Crippen LogP contribution in [0.1, 0.15) is 21.5 Å². The first-order valence-corrected chi connectivity index (χ1v) is 6.54. The van der Waals surface area contributed by atoms with E-state index in [-0.39, 0.29) is 5.91 Å². The molecule has 1 amide bonds. The molecule has 1 N–H and O–H groups in total. The van der Waals surface area contributed by atoms with Gasteiger partial charge in [0, 0.05) is 10.6 Å². The number of nitrogens with zero attached hydrogens (tertiary/aromatic N) is 1. The fourth-order valence-electron chi connectivity index (χ4n) is 1.73. The van der Waals surface area contributed by atoms with Crippen LogP contribution in [0, 0.1) is 18.3 Å². The van der Waals surface area contributed by atoms with Crippen molar-refractivity contribution in [1.82, 2.24) is 0 Å². The maximum atomic E-state index is 12.2. The van der Waals surface area contributed by atoms with E-state index in [1.54, 1.807) is 37.3 Å². The van der Waals surface area contributed by atoms with Crippen LogP contribution in [0.5, 0.6) is 0 Å². The molecule has 2 aromatic rings. The molecule has 0 atom stereocenters. The fraction of sp³-hybridized carbons (Fsp3) is 0.0667. The predicted octanol–water partition coefficient (Wildman–Crippen LogP) is 4.43. The molecule has 3 nitrogen and oxygen atoms in total. The molecular formula is C15H10Cl2N2O. The highest BCUT2D eigenvalue weighted by atomic mass is 35.5. The van der Waals surface area contributed by atoms with Gasteiger partial charge in [0.2, 0.25) is 0 Å². The lowest BCUT2D eigenvalue weighted by molar-refractivity contribution is 0.102. The third-order valence-corrected chi connectivity index (χ3v) is 3.58. The Bertz CT molecular complexity index is 720. The molecule has 0 heterocycles. The largest absolute Gasteiger partial charge is 0.321 e. The van der Waals surface area contributed by atoms with Gasteiger partial charge in [0.15, 0.2) is 0 Å². The Balaban J connectivity index is 2.29. The third-order valence-electron chi connectivity index (χ3n) is 2.86. The summed E-state index contributed by atoms with van der Waals surface area (Å²) < 4.78 is 0. The molecule has 100 valence electrons. The van der Waals surface area contributed by atoms with Gasteiger partial charge in [-0.3, -0.25) is 4.79 Å². The average Bonchev–Trinajstić information content (AvgIpc) is 2.44. The average molecular weight is 305 g/mol. The molecule has 0 aliphatic rings. The molecule has 0 radical (unpaired) electrons. The van der Waals surface area contributed by atoms with Crippen molar-refractivity contribution in [3.05, 3.63) is 63.1 Å². The Hall–Kier alpha value is -2.02. The second-order valence-electron chi connectivity index (χ2n) is 4.17. The van der Waals surface area contributed by atoms with Crippen LogP contribution in [0.25, 0.3) is 0 Å². The van der Waals surface area contributed by atoms with E-state index in [4.69, 9.17) is 28.5 Å². The normalized spacial score (nSPS) is 9.90. The molecule has 0 aliphatic carbocycles. The first kappa shape index (κ1) is 14.4. The summed E-state index contributed by atoms with van der Waals surface area (Å²) in [6.07, 6.45) is 0. The summed E-state index contributed by atoms with van der Waals surface area (Å²) in [6, 6.07) is 11.8. The van der Waals surface area contributed by atoms with Crippen LogP contribution < -0.4 is 5.32 Å². The molecule has 0 fully saturated rings. The lowest BCUT2D eigenvalue weighted by atomic mass is 10.1. The second-order valence-corrected chi connectivity index (χ2v) is 4.99. The molecule has 2 rings (SSSR count). The number of rotatable bonds is 2. The van der Waals surface area contributed by atoms with E-state index >= 15 is 0 Å². The smallest absolute Gasteiger partial charge is 0.256 e. The molecule has 2 aromatic carbocycles. The molecule has 0 bridgehead atoms. The van der Waals surface area contributed by atoms with Gasteiger partial charge >= 0.3 is 0 Å². The minimum Gasteiger partial charge on any atom is -0.321 e. The zero-order valence-electron chi connectivity index (χ0n) is 10.6. The number of halogens is 2. The number of carbonyl (C=O) groups excluding carboxylic acids is 1. The van der Waals surface area contributed by atoms with Gasteiger partial charge in [-0.05, 0) is 42.8 Å². The summed E-state index contributed by atoms with van der Waals surface area (Å²) in [7, 11) is 0. The van der Waals surface area contributed by atoms with E-state index < -0.39 is 0 Å². The van der Waals surface area contributed by atoms with Crippen molar-refractivity contribution in [3.8, 4) is 6.07 Å². The van der Waals surface area contributed by atoms with Gasteiger partial charge in [-0.1, -0.05) is 29.3 Å². The zero-order valence-corrected chi connectivity index (χ0v) is 12.1. The topological polar surface area (TPSA) is 52.9 Å². The summed E-state index contributed by atoms with van der Waals surface area (Å²) in [4.78, 5) is 12.2. The van der Waals surface area contributed by atoms with Crippen molar-refractivity contribution in [2.24, 2.45) is 0 Å². The lowest BCUT2D eigenvalue weighted by Crippen LogP contribution is -2.13. The third kappa shape index (κ3) is 2.93. The zero-order chi connectivity index (χ0) is 14.7. The van der Waals surface area contributed by atoms with E-state index in [9.17, 15) is 4.79 Å². The molecule has 5 heteroatoms. The molecular weight excluding hydrogens is 295 g/mol. The number of hydrogen-bond acceptors (Lipinski definition) is 2. The Morgan fingerprint density at radius 2 is 1.95 bits per heavy atom. The van der Waals surface area contributed by atoms with Crippen molar-refractivity contribution < 1.29 is 4.79 Å². The van der Waals surface area contributed by atoms with E-state index in [2.05, 4.69) is 5.32 Å². The van der Waals surface area contributed by atoms with Crippen LogP contribution in [0.15, 0.2) is 36.4 Å². The van der Waals surface area contributed by atoms with Crippen LogP contribution in [0.2, 0.25) is 10.0 Å². The molecule has 0 saturated carbocycles.